The van der Waals surface area contributed by atoms with Gasteiger partial charge in [0, 0.05) is 0 Å². The van der Waals surface area contributed by atoms with Crippen LogP contribution in [-0.2, 0) is 0 Å². The van der Waals surface area contributed by atoms with E-state index in [0.29, 0.717) is 0 Å². The molecule has 92 valence electrons. The average molecular weight is 440 g/mol. The van der Waals surface area contributed by atoms with E-state index in [9.17, 15) is 0 Å². The molecule has 0 bridgehead atoms. The van der Waals surface area contributed by atoms with Gasteiger partial charge in [-0.15, -0.1) is 0 Å². The van der Waals surface area contributed by atoms with Gasteiger partial charge in [-0.2, -0.15) is 0 Å². The van der Waals surface area contributed by atoms with E-state index in [4.69, 9.17) is 0 Å². The predicted molar refractivity (Wildman–Crippen MR) is 84.8 cm³/mol. The van der Waals surface area contributed by atoms with Crippen molar-refractivity contribution in [2.45, 2.75) is 13.8 Å². The van der Waals surface area contributed by atoms with E-state index in [0.717, 1.165) is 0 Å². The Balaban J connectivity index is 2.73. The molecule has 2 aromatic carbocycles. The van der Waals surface area contributed by atoms with Gasteiger partial charge in [0.1, 0.15) is 0 Å². The van der Waals surface area contributed by atoms with E-state index in [-0.39, 0.29) is 0 Å². The standard InChI is InChI=1S/2C6H5.2C3H3.Pb/c2*1-2-4-6-5-3-1;2*1-3-2;/h2*1-5H;2*1H3;. The van der Waals surface area contributed by atoms with Gasteiger partial charge < -0.3 is 0 Å². The van der Waals surface area contributed by atoms with Crippen LogP contribution < -0.4 is 6.25 Å². The van der Waals surface area contributed by atoms with Crippen LogP contribution in [0.1, 0.15) is 13.8 Å². The van der Waals surface area contributed by atoms with Crippen LogP contribution >= 0.6 is 0 Å². The molecule has 1 heteroatoms. The number of rotatable bonds is 2. The summed E-state index contributed by atoms with van der Waals surface area (Å²) in [5.74, 6) is 6.27. The Bertz CT molecular complexity index is 587. The molecule has 0 N–H and O–H groups in total. The fraction of sp³-hybridized carbons (Fsp3) is 0.111. The number of hydrogen-bond donors (Lipinski definition) is 0. The molecule has 0 radical (unpaired) electrons. The van der Waals surface area contributed by atoms with E-state index in [1.807, 2.05) is 26.0 Å². The minimum absolute atomic E-state index is 1.34. The van der Waals surface area contributed by atoms with Gasteiger partial charge in [-0.3, -0.25) is 0 Å². The van der Waals surface area contributed by atoms with Crippen LogP contribution in [-0.4, -0.2) is 21.2 Å². The molecule has 0 unspecified atom stereocenters. The van der Waals surface area contributed by atoms with Crippen molar-refractivity contribution in [3.63, 3.8) is 0 Å². The molecule has 19 heavy (non-hydrogen) atoms. The molecule has 0 atom stereocenters. The van der Waals surface area contributed by atoms with Crippen molar-refractivity contribution in [3.8, 4) is 18.8 Å². The Labute approximate surface area is 120 Å². The summed E-state index contributed by atoms with van der Waals surface area (Å²) in [4.78, 5) is 0. The SMILES string of the molecule is CC#[C][Pb]([C]#CC)([c]1ccccc1)[c]1ccccc1. The molecule has 0 heterocycles. The number of benzene rings is 2. The zero-order chi connectivity index (χ0) is 13.6. The summed E-state index contributed by atoms with van der Waals surface area (Å²) >= 11 is -3.31. The van der Waals surface area contributed by atoms with E-state index in [1.54, 1.807) is 0 Å². The van der Waals surface area contributed by atoms with Crippen LogP contribution in [0.15, 0.2) is 60.7 Å². The van der Waals surface area contributed by atoms with Crippen molar-refractivity contribution >= 4 is 27.4 Å². The third kappa shape index (κ3) is 2.91. The third-order valence-electron chi connectivity index (χ3n) is 3.04. The first-order valence-corrected chi connectivity index (χ1v) is 14.1. The summed E-state index contributed by atoms with van der Waals surface area (Å²) in [5.41, 5.74) is 0. The normalized spacial score (nSPS) is 9.79. The molecule has 0 saturated heterocycles. The monoisotopic (exact) mass is 440 g/mol. The fourth-order valence-corrected chi connectivity index (χ4v) is 14.3. The number of hydrogen-bond acceptors (Lipinski definition) is 0. The van der Waals surface area contributed by atoms with Crippen molar-refractivity contribution < 1.29 is 0 Å². The molecule has 0 saturated carbocycles. The van der Waals surface area contributed by atoms with Crippen molar-refractivity contribution in [1.29, 1.82) is 0 Å². The Morgan fingerprint density at radius 2 is 1.00 bits per heavy atom. The Hall–Kier alpha value is -1.52. The molecule has 0 aliphatic heterocycles. The molecule has 0 spiro atoms. The Kier molecular flexibility index (Phi) is 4.82. The van der Waals surface area contributed by atoms with Crippen LogP contribution in [0.3, 0.4) is 0 Å². The second kappa shape index (κ2) is 6.59. The molecular weight excluding hydrogens is 423 g/mol. The second-order valence-corrected chi connectivity index (χ2v) is 16.5. The van der Waals surface area contributed by atoms with E-state index in [2.05, 4.69) is 67.3 Å². The molecular formula is C18H16Pb. The first-order valence-electron chi connectivity index (χ1n) is 6.32. The average Bonchev–Trinajstić information content (AvgIpc) is 2.49. The molecule has 0 nitrogen and oxygen atoms in total. The summed E-state index contributed by atoms with van der Waals surface area (Å²) in [6, 6.07) is 21.2. The van der Waals surface area contributed by atoms with Crippen LogP contribution in [0.5, 0.6) is 0 Å². The van der Waals surface area contributed by atoms with Crippen LogP contribution in [0, 0.1) is 18.8 Å². The van der Waals surface area contributed by atoms with E-state index in [1.165, 1.54) is 6.25 Å². The zero-order valence-electron chi connectivity index (χ0n) is 11.3. The Morgan fingerprint density at radius 3 is 1.32 bits per heavy atom. The molecule has 0 aliphatic rings. The Morgan fingerprint density at radius 1 is 0.632 bits per heavy atom. The third-order valence-corrected chi connectivity index (χ3v) is 17.2. The second-order valence-electron chi connectivity index (χ2n) is 4.23. The topological polar surface area (TPSA) is 0 Å². The molecule has 0 aromatic heterocycles. The molecule has 0 amide bonds. The fourth-order valence-electron chi connectivity index (χ4n) is 2.24. The van der Waals surface area contributed by atoms with Gasteiger partial charge in [-0.05, 0) is 0 Å². The molecule has 0 fully saturated rings. The van der Waals surface area contributed by atoms with Gasteiger partial charge in [-0.25, -0.2) is 0 Å². The summed E-state index contributed by atoms with van der Waals surface area (Å²) in [6.45, 7) is 3.83. The summed E-state index contributed by atoms with van der Waals surface area (Å²) in [6.07, 6.45) is 0. The van der Waals surface area contributed by atoms with Crippen LogP contribution in [0.2, 0.25) is 0 Å². The van der Waals surface area contributed by atoms with Crippen molar-refractivity contribution in [3.05, 3.63) is 60.7 Å². The first-order chi connectivity index (χ1) is 9.33. The van der Waals surface area contributed by atoms with Crippen LogP contribution in [0.4, 0.5) is 0 Å². The maximum atomic E-state index is 3.53. The molecule has 2 aromatic rings. The molecule has 0 aliphatic carbocycles. The van der Waals surface area contributed by atoms with Crippen molar-refractivity contribution in [1.82, 2.24) is 0 Å². The van der Waals surface area contributed by atoms with Crippen molar-refractivity contribution in [2.24, 2.45) is 0 Å². The van der Waals surface area contributed by atoms with E-state index < -0.39 is 21.2 Å². The van der Waals surface area contributed by atoms with E-state index >= 15 is 0 Å². The van der Waals surface area contributed by atoms with Gasteiger partial charge >= 0.3 is 121 Å². The quantitative estimate of drug-likeness (QED) is 0.498. The summed E-state index contributed by atoms with van der Waals surface area (Å²) in [5, 5.41) is 0. The van der Waals surface area contributed by atoms with Gasteiger partial charge in [0.05, 0.1) is 0 Å². The van der Waals surface area contributed by atoms with Gasteiger partial charge in [-0.1, -0.05) is 0 Å². The summed E-state index contributed by atoms with van der Waals surface area (Å²) in [7, 11) is 0. The maximum absolute atomic E-state index is 3.53. The molecule has 2 rings (SSSR count). The van der Waals surface area contributed by atoms with Crippen molar-refractivity contribution in [2.75, 3.05) is 0 Å². The van der Waals surface area contributed by atoms with Gasteiger partial charge in [0.2, 0.25) is 0 Å². The summed E-state index contributed by atoms with van der Waals surface area (Å²) < 4.78 is 9.73. The van der Waals surface area contributed by atoms with Crippen LogP contribution in [0.25, 0.3) is 0 Å². The van der Waals surface area contributed by atoms with Gasteiger partial charge in [0.15, 0.2) is 0 Å². The minimum atomic E-state index is -3.31. The van der Waals surface area contributed by atoms with Gasteiger partial charge in [0.25, 0.3) is 0 Å². The predicted octanol–water partition coefficient (Wildman–Crippen LogP) is 2.37. The first kappa shape index (κ1) is 13.9. The zero-order valence-corrected chi connectivity index (χ0v) is 15.2.